The molecule has 0 aliphatic carbocycles. The minimum absolute atomic E-state index is 0.313. The largest absolute Gasteiger partial charge is 0.452 e. The van der Waals surface area contributed by atoms with Crippen LogP contribution >= 0.6 is 0 Å². The summed E-state index contributed by atoms with van der Waals surface area (Å²) in [6.07, 6.45) is 0. The average Bonchev–Trinajstić information content (AvgIpc) is 3.56. The Morgan fingerprint density at radius 3 is 1.54 bits per heavy atom. The molecule has 50 heavy (non-hydrogen) atoms. The second kappa shape index (κ2) is 11.2. The quantitative estimate of drug-likeness (QED) is 0.179. The van der Waals surface area contributed by atoms with E-state index in [1.807, 2.05) is 72.8 Å². The van der Waals surface area contributed by atoms with Crippen molar-refractivity contribution in [2.75, 3.05) is 0 Å². The van der Waals surface area contributed by atoms with Crippen molar-refractivity contribution in [2.24, 2.45) is 0 Å². The number of rotatable bonds is 4. The van der Waals surface area contributed by atoms with E-state index in [9.17, 15) is 0 Å². The molecule has 0 amide bonds. The lowest BCUT2D eigenvalue weighted by atomic mass is 9.93. The summed E-state index contributed by atoms with van der Waals surface area (Å²) in [5.74, 6) is -0.0587. The highest BCUT2D eigenvalue weighted by Gasteiger charge is 2.21. The molecule has 0 unspecified atom stereocenters. The summed E-state index contributed by atoms with van der Waals surface area (Å²) >= 11 is 0. The standard InChI is InChI=1S/C46H27FN2O/c47-41-27-38-36-18-10-8-16-34(36)33-15-7-9-17-35(33)37(38)26-39(41)46-48-43(31-13-5-2-6-14-31)45-44(49-46)40-25-32(23-24-42(40)50-45)30-21-19-29(20-22-30)28-11-3-1-4-12-28/h1-27H. The third-order valence-corrected chi connectivity index (χ3v) is 9.76. The Bertz CT molecular complexity index is 2910. The maximum atomic E-state index is 16.4. The Morgan fingerprint density at radius 2 is 0.900 bits per heavy atom. The van der Waals surface area contributed by atoms with E-state index < -0.39 is 0 Å². The Morgan fingerprint density at radius 1 is 0.400 bits per heavy atom. The lowest BCUT2D eigenvalue weighted by molar-refractivity contribution is 0.631. The van der Waals surface area contributed by atoms with Crippen LogP contribution < -0.4 is 0 Å². The van der Waals surface area contributed by atoms with Crippen LogP contribution in [-0.2, 0) is 0 Å². The number of nitrogens with zero attached hydrogens (tertiary/aromatic N) is 2. The zero-order chi connectivity index (χ0) is 33.2. The van der Waals surface area contributed by atoms with Gasteiger partial charge in [-0.1, -0.05) is 140 Å². The zero-order valence-electron chi connectivity index (χ0n) is 26.8. The van der Waals surface area contributed by atoms with Gasteiger partial charge in [0.05, 0.1) is 5.56 Å². The molecule has 0 radical (unpaired) electrons. The molecule has 0 saturated carbocycles. The molecule has 2 heterocycles. The van der Waals surface area contributed by atoms with E-state index >= 15 is 4.39 Å². The van der Waals surface area contributed by atoms with Crippen LogP contribution in [0, 0.1) is 5.82 Å². The molecule has 234 valence electrons. The second-order valence-electron chi connectivity index (χ2n) is 12.7. The molecule has 0 atom stereocenters. The first-order valence-corrected chi connectivity index (χ1v) is 16.7. The SMILES string of the molecule is Fc1cc2c3ccccc3c3ccccc3c2cc1-c1nc(-c2ccccc2)c2oc3ccc(-c4ccc(-c5ccccc5)cc4)cc3c2n1. The second-order valence-corrected chi connectivity index (χ2v) is 12.7. The normalized spacial score (nSPS) is 11.7. The van der Waals surface area contributed by atoms with E-state index in [0.717, 1.165) is 60.0 Å². The van der Waals surface area contributed by atoms with Crippen molar-refractivity contribution in [3.05, 3.63) is 170 Å². The van der Waals surface area contributed by atoms with Crippen LogP contribution in [0.4, 0.5) is 4.39 Å². The summed E-state index contributed by atoms with van der Waals surface area (Å²) in [7, 11) is 0. The first-order valence-electron chi connectivity index (χ1n) is 16.7. The molecule has 10 rings (SSSR count). The number of furan rings is 1. The van der Waals surface area contributed by atoms with Crippen molar-refractivity contribution in [2.45, 2.75) is 0 Å². The molecule has 0 spiro atoms. The molecule has 8 aromatic carbocycles. The van der Waals surface area contributed by atoms with Crippen molar-refractivity contribution in [1.82, 2.24) is 9.97 Å². The fraction of sp³-hybridized carbons (Fsp3) is 0. The Kier molecular flexibility index (Phi) is 6.36. The van der Waals surface area contributed by atoms with Crippen LogP contribution in [0.3, 0.4) is 0 Å². The van der Waals surface area contributed by atoms with E-state index in [0.29, 0.717) is 33.8 Å². The number of aromatic nitrogens is 2. The van der Waals surface area contributed by atoms with Gasteiger partial charge in [-0.2, -0.15) is 0 Å². The molecule has 10 aromatic rings. The molecule has 3 nitrogen and oxygen atoms in total. The average molecular weight is 643 g/mol. The molecule has 0 aliphatic rings. The van der Waals surface area contributed by atoms with Crippen molar-refractivity contribution < 1.29 is 8.81 Å². The molecular formula is C46H27FN2O. The van der Waals surface area contributed by atoms with Gasteiger partial charge in [-0.15, -0.1) is 0 Å². The van der Waals surface area contributed by atoms with Gasteiger partial charge in [0.1, 0.15) is 22.6 Å². The molecule has 0 N–H and O–H groups in total. The summed E-state index contributed by atoms with van der Waals surface area (Å²) in [5, 5.41) is 6.96. The fourth-order valence-electron chi connectivity index (χ4n) is 7.32. The molecular weight excluding hydrogens is 616 g/mol. The lowest BCUT2D eigenvalue weighted by Gasteiger charge is -2.13. The summed E-state index contributed by atoms with van der Waals surface area (Å²) in [4.78, 5) is 10.1. The van der Waals surface area contributed by atoms with Gasteiger partial charge in [0.2, 0.25) is 0 Å². The van der Waals surface area contributed by atoms with Crippen LogP contribution in [-0.4, -0.2) is 9.97 Å². The first kappa shape index (κ1) is 28.4. The van der Waals surface area contributed by atoms with E-state index in [1.54, 1.807) is 6.07 Å². The maximum Gasteiger partial charge on any atom is 0.180 e. The number of benzene rings is 8. The summed E-state index contributed by atoms with van der Waals surface area (Å²) in [6, 6.07) is 55.0. The van der Waals surface area contributed by atoms with E-state index in [2.05, 4.69) is 84.9 Å². The number of halogens is 1. The molecule has 0 fully saturated rings. The Hall–Kier alpha value is -6.65. The van der Waals surface area contributed by atoms with Crippen molar-refractivity contribution >= 4 is 54.4 Å². The van der Waals surface area contributed by atoms with Crippen LogP contribution in [0.2, 0.25) is 0 Å². The van der Waals surface area contributed by atoms with Crippen molar-refractivity contribution in [3.8, 4) is 44.9 Å². The van der Waals surface area contributed by atoms with Crippen molar-refractivity contribution in [3.63, 3.8) is 0 Å². The van der Waals surface area contributed by atoms with Gasteiger partial charge in [0.15, 0.2) is 11.4 Å². The summed E-state index contributed by atoms with van der Waals surface area (Å²) in [5.41, 5.74) is 8.22. The third kappa shape index (κ3) is 4.50. The molecule has 0 aliphatic heterocycles. The van der Waals surface area contributed by atoms with Gasteiger partial charge in [-0.05, 0) is 78.8 Å². The van der Waals surface area contributed by atoms with E-state index in [4.69, 9.17) is 14.4 Å². The van der Waals surface area contributed by atoms with Crippen LogP contribution in [0.1, 0.15) is 0 Å². The van der Waals surface area contributed by atoms with Gasteiger partial charge in [0.25, 0.3) is 0 Å². The minimum atomic E-state index is -0.372. The first-order chi connectivity index (χ1) is 24.7. The number of fused-ring (bicyclic) bond motifs is 9. The highest BCUT2D eigenvalue weighted by Crippen LogP contribution is 2.41. The van der Waals surface area contributed by atoms with Crippen molar-refractivity contribution in [1.29, 1.82) is 0 Å². The topological polar surface area (TPSA) is 38.9 Å². The summed E-state index contributed by atoms with van der Waals surface area (Å²) < 4.78 is 22.9. The number of hydrogen-bond donors (Lipinski definition) is 0. The molecule has 0 saturated heterocycles. The Balaban J connectivity index is 1.20. The van der Waals surface area contributed by atoms with E-state index in [-0.39, 0.29) is 5.82 Å². The minimum Gasteiger partial charge on any atom is -0.452 e. The fourth-order valence-corrected chi connectivity index (χ4v) is 7.32. The highest BCUT2D eigenvalue weighted by atomic mass is 19.1. The third-order valence-electron chi connectivity index (χ3n) is 9.76. The molecule has 0 bridgehead atoms. The van der Waals surface area contributed by atoms with Gasteiger partial charge < -0.3 is 4.42 Å². The van der Waals surface area contributed by atoms with Gasteiger partial charge in [-0.25, -0.2) is 14.4 Å². The molecule has 2 aromatic heterocycles. The van der Waals surface area contributed by atoms with Crippen LogP contribution in [0.25, 0.3) is 99.3 Å². The Labute approximate surface area is 286 Å². The van der Waals surface area contributed by atoms with Gasteiger partial charge in [0, 0.05) is 10.9 Å². The highest BCUT2D eigenvalue weighted by molar-refractivity contribution is 6.25. The predicted molar refractivity (Wildman–Crippen MR) is 204 cm³/mol. The monoisotopic (exact) mass is 642 g/mol. The maximum absolute atomic E-state index is 16.4. The smallest absolute Gasteiger partial charge is 0.180 e. The molecule has 4 heteroatoms. The summed E-state index contributed by atoms with van der Waals surface area (Å²) in [6.45, 7) is 0. The lowest BCUT2D eigenvalue weighted by Crippen LogP contribution is -1.97. The van der Waals surface area contributed by atoms with Gasteiger partial charge >= 0.3 is 0 Å². The van der Waals surface area contributed by atoms with E-state index in [1.165, 1.54) is 5.56 Å². The van der Waals surface area contributed by atoms with Gasteiger partial charge in [-0.3, -0.25) is 0 Å². The zero-order valence-corrected chi connectivity index (χ0v) is 26.8. The van der Waals surface area contributed by atoms with Crippen LogP contribution in [0.5, 0.6) is 0 Å². The number of hydrogen-bond acceptors (Lipinski definition) is 3. The van der Waals surface area contributed by atoms with Crippen LogP contribution in [0.15, 0.2) is 168 Å². The predicted octanol–water partition coefficient (Wildman–Crippen LogP) is 12.6.